The van der Waals surface area contributed by atoms with Crippen LogP contribution in [0.5, 0.6) is 0 Å². The Morgan fingerprint density at radius 3 is 1.58 bits per heavy atom. The summed E-state index contributed by atoms with van der Waals surface area (Å²) >= 11 is 0. The number of rotatable bonds is 21. The summed E-state index contributed by atoms with van der Waals surface area (Å²) in [5, 5.41) is 0. The van der Waals surface area contributed by atoms with Crippen molar-refractivity contribution in [3.8, 4) is 23.7 Å². The molecule has 0 spiro atoms. The van der Waals surface area contributed by atoms with Crippen molar-refractivity contribution < 1.29 is 17.4 Å². The Bertz CT molecular complexity index is 695. The molecule has 0 radical (unpaired) electrons. The summed E-state index contributed by atoms with van der Waals surface area (Å²) in [5.41, 5.74) is 5.17. The van der Waals surface area contributed by atoms with Gasteiger partial charge in [0.2, 0.25) is 0 Å². The topological polar surface area (TPSA) is 86.5 Å². The van der Waals surface area contributed by atoms with Crippen molar-refractivity contribution in [2.24, 2.45) is 5.73 Å². The third-order valence-electron chi connectivity index (χ3n) is 5.42. The van der Waals surface area contributed by atoms with Crippen molar-refractivity contribution in [2.75, 3.05) is 12.3 Å². The monoisotopic (exact) mass is 481 g/mol. The summed E-state index contributed by atoms with van der Waals surface area (Å²) in [5.74, 6) is 11.2. The van der Waals surface area contributed by atoms with Crippen LogP contribution in [0.4, 0.5) is 0 Å². The average molecular weight is 482 g/mol. The summed E-state index contributed by atoms with van der Waals surface area (Å²) in [4.78, 5) is 11.5. The molecule has 0 aliphatic heterocycles. The maximum absolute atomic E-state index is 11.5. The molecule has 5 nitrogen and oxygen atoms in total. The number of hydrogen-bond acceptors (Lipinski definition) is 5. The molecule has 0 fully saturated rings. The molecule has 0 rings (SSSR count). The van der Waals surface area contributed by atoms with Crippen LogP contribution in [0.3, 0.4) is 0 Å². The summed E-state index contributed by atoms with van der Waals surface area (Å²) in [6.45, 7) is 2.21. The highest BCUT2D eigenvalue weighted by Crippen LogP contribution is 2.11. The van der Waals surface area contributed by atoms with E-state index in [9.17, 15) is 13.2 Å². The molecule has 0 aromatic carbocycles. The van der Waals surface area contributed by atoms with Gasteiger partial charge in [0, 0.05) is 25.8 Å². The average Bonchev–Trinajstić information content (AvgIpc) is 2.76. The van der Waals surface area contributed by atoms with Crippen LogP contribution in [-0.4, -0.2) is 26.7 Å². The highest BCUT2D eigenvalue weighted by Gasteiger charge is 2.15. The van der Waals surface area contributed by atoms with Crippen molar-refractivity contribution in [1.29, 1.82) is 0 Å². The molecule has 0 aliphatic rings. The lowest BCUT2D eigenvalue weighted by atomic mass is 10.1. The first kappa shape index (κ1) is 31.5. The van der Waals surface area contributed by atoms with Crippen LogP contribution in [0.2, 0.25) is 0 Å². The third-order valence-corrected chi connectivity index (χ3v) is 6.59. The molecule has 0 bridgehead atoms. The Hall–Kier alpha value is -1.50. The fourth-order valence-electron chi connectivity index (χ4n) is 3.47. The van der Waals surface area contributed by atoms with Crippen molar-refractivity contribution >= 4 is 16.1 Å². The molecule has 6 heteroatoms. The highest BCUT2D eigenvalue weighted by molar-refractivity contribution is 7.87. The van der Waals surface area contributed by atoms with Gasteiger partial charge in [-0.25, -0.2) is 0 Å². The molecular formula is C27H47NO4S. The van der Waals surface area contributed by atoms with E-state index in [2.05, 4.69) is 34.8 Å². The first-order valence-electron chi connectivity index (χ1n) is 13.1. The zero-order chi connectivity index (χ0) is 24.5. The van der Waals surface area contributed by atoms with Gasteiger partial charge in [0.15, 0.2) is 0 Å². The summed E-state index contributed by atoms with van der Waals surface area (Å²) < 4.78 is 27.1. The fraction of sp³-hybridized carbons (Fsp3) is 0.815. The van der Waals surface area contributed by atoms with E-state index in [1.807, 2.05) is 0 Å². The van der Waals surface area contributed by atoms with E-state index in [0.29, 0.717) is 6.42 Å². The number of carbonyl (C=O) groups excluding carboxylic acids is 1. The van der Waals surface area contributed by atoms with Crippen molar-refractivity contribution in [3.05, 3.63) is 0 Å². The molecule has 0 aromatic heterocycles. The van der Waals surface area contributed by atoms with Gasteiger partial charge >= 0.3 is 16.1 Å². The molecule has 190 valence electrons. The van der Waals surface area contributed by atoms with E-state index in [0.717, 1.165) is 44.9 Å². The minimum atomic E-state index is -3.81. The van der Waals surface area contributed by atoms with E-state index in [1.165, 1.54) is 64.2 Å². The second-order valence-corrected chi connectivity index (χ2v) is 10.4. The quantitative estimate of drug-likeness (QED) is 0.119. The predicted molar refractivity (Wildman–Crippen MR) is 138 cm³/mol. The largest absolute Gasteiger partial charge is 0.346 e. The molecule has 0 atom stereocenters. The summed E-state index contributed by atoms with van der Waals surface area (Å²) in [6, 6.07) is 0. The van der Waals surface area contributed by atoms with Crippen LogP contribution in [0, 0.1) is 23.7 Å². The van der Waals surface area contributed by atoms with Gasteiger partial charge in [0.05, 0.1) is 5.75 Å². The number of unbranched alkanes of at least 4 members (excludes halogenated alkanes) is 16. The minimum absolute atomic E-state index is 0.0496. The molecule has 0 saturated carbocycles. The number of nitrogens with two attached hydrogens (primary N) is 1. The van der Waals surface area contributed by atoms with Crippen LogP contribution in [0.1, 0.15) is 129 Å². The van der Waals surface area contributed by atoms with Crippen LogP contribution in [0.25, 0.3) is 0 Å². The molecule has 0 aromatic rings. The maximum Gasteiger partial charge on any atom is 0.322 e. The van der Waals surface area contributed by atoms with E-state index in [4.69, 9.17) is 5.73 Å². The minimum Gasteiger partial charge on any atom is -0.346 e. The molecule has 33 heavy (non-hydrogen) atoms. The molecule has 0 saturated heterocycles. The molecule has 2 N–H and O–H groups in total. The lowest BCUT2D eigenvalue weighted by Gasteiger charge is -2.04. The second kappa shape index (κ2) is 23.7. The number of hydrogen-bond donors (Lipinski definition) is 1. The zero-order valence-electron chi connectivity index (χ0n) is 21.0. The molecule has 0 amide bonds. The fourth-order valence-corrected chi connectivity index (χ4v) is 4.21. The van der Waals surface area contributed by atoms with Gasteiger partial charge in [-0.2, -0.15) is 8.42 Å². The van der Waals surface area contributed by atoms with Gasteiger partial charge in [-0.3, -0.25) is 4.79 Å². The van der Waals surface area contributed by atoms with Crippen molar-refractivity contribution in [1.82, 2.24) is 0 Å². The van der Waals surface area contributed by atoms with Gasteiger partial charge in [0.1, 0.15) is 0 Å². The van der Waals surface area contributed by atoms with Gasteiger partial charge < -0.3 is 9.92 Å². The number of carbonyl (C=O) groups is 1. The van der Waals surface area contributed by atoms with Gasteiger partial charge in [0.25, 0.3) is 0 Å². The zero-order valence-corrected chi connectivity index (χ0v) is 21.8. The Morgan fingerprint density at radius 1 is 0.697 bits per heavy atom. The Morgan fingerprint density at radius 2 is 1.12 bits per heavy atom. The smallest absolute Gasteiger partial charge is 0.322 e. The first-order chi connectivity index (χ1) is 16.0. The SMILES string of the molecule is CCCCCCCCCCCCC#CC#CCCCCCCCCC(=O)OS(=O)(=O)CCN. The maximum atomic E-state index is 11.5. The van der Waals surface area contributed by atoms with Crippen molar-refractivity contribution in [3.63, 3.8) is 0 Å². The lowest BCUT2D eigenvalue weighted by Crippen LogP contribution is -2.21. The Balaban J connectivity index is 3.42. The predicted octanol–water partition coefficient (Wildman–Crippen LogP) is 6.26. The summed E-state index contributed by atoms with van der Waals surface area (Å²) in [6.07, 6.45) is 21.3. The normalized spacial score (nSPS) is 10.7. The van der Waals surface area contributed by atoms with Crippen LogP contribution < -0.4 is 5.73 Å². The molecule has 0 heterocycles. The Labute approximate surface area is 204 Å². The van der Waals surface area contributed by atoms with Gasteiger partial charge in [-0.05, 0) is 31.1 Å². The standard InChI is InChI=1S/C27H47NO4S/c1-2-3-4-5-6-7-8-9-10-11-12-13-14-15-16-17-18-19-20-21-22-23-24-27(29)32-33(30,31)26-25-28/h2-12,17-26,28H2,1H3. The molecule has 0 unspecified atom stereocenters. The molecule has 0 aliphatic carbocycles. The third kappa shape index (κ3) is 25.0. The van der Waals surface area contributed by atoms with E-state index in [-0.39, 0.29) is 18.7 Å². The van der Waals surface area contributed by atoms with E-state index < -0.39 is 16.1 Å². The first-order valence-corrected chi connectivity index (χ1v) is 14.7. The molecular weight excluding hydrogens is 434 g/mol. The van der Waals surface area contributed by atoms with E-state index >= 15 is 0 Å². The van der Waals surface area contributed by atoms with Crippen LogP contribution in [-0.2, 0) is 19.1 Å². The van der Waals surface area contributed by atoms with Gasteiger partial charge in [-0.15, -0.1) is 0 Å². The van der Waals surface area contributed by atoms with Crippen molar-refractivity contribution in [2.45, 2.75) is 129 Å². The van der Waals surface area contributed by atoms with E-state index in [1.54, 1.807) is 0 Å². The van der Waals surface area contributed by atoms with Gasteiger partial charge in [-0.1, -0.05) is 102 Å². The second-order valence-electron chi connectivity index (χ2n) is 8.66. The highest BCUT2D eigenvalue weighted by atomic mass is 32.2. The summed E-state index contributed by atoms with van der Waals surface area (Å²) in [7, 11) is -3.81. The van der Waals surface area contributed by atoms with Crippen LogP contribution in [0.15, 0.2) is 0 Å². The lowest BCUT2D eigenvalue weighted by molar-refractivity contribution is -0.133. The van der Waals surface area contributed by atoms with Crippen LogP contribution >= 0.6 is 0 Å². The Kier molecular flexibility index (Phi) is 22.6.